The van der Waals surface area contributed by atoms with Gasteiger partial charge in [-0.25, -0.2) is 0 Å². The van der Waals surface area contributed by atoms with Crippen molar-refractivity contribution in [1.29, 1.82) is 0 Å². The van der Waals surface area contributed by atoms with Crippen LogP contribution in [0, 0.1) is 0 Å². The van der Waals surface area contributed by atoms with Gasteiger partial charge in [-0.15, -0.1) is 0 Å². The molecule has 1 aromatic carbocycles. The summed E-state index contributed by atoms with van der Waals surface area (Å²) in [5.41, 5.74) is 1.43. The van der Waals surface area contributed by atoms with Crippen LogP contribution in [0.1, 0.15) is 44.0 Å². The number of aliphatic hydroxyl groups is 1. The predicted molar refractivity (Wildman–Crippen MR) is 88.9 cm³/mol. The average molecular weight is 305 g/mol. The second kappa shape index (κ2) is 7.61. The van der Waals surface area contributed by atoms with Crippen LogP contribution in [0.2, 0.25) is 0 Å². The molecule has 0 aromatic heterocycles. The summed E-state index contributed by atoms with van der Waals surface area (Å²) < 4.78 is 0. The van der Waals surface area contributed by atoms with E-state index in [1.807, 2.05) is 23.1 Å². The van der Waals surface area contributed by atoms with Gasteiger partial charge in [0.05, 0.1) is 0 Å². The van der Waals surface area contributed by atoms with Crippen molar-refractivity contribution < 1.29 is 9.90 Å². The summed E-state index contributed by atoms with van der Waals surface area (Å²) in [6.45, 7) is 7.53. The van der Waals surface area contributed by atoms with Gasteiger partial charge in [0.25, 0.3) is 5.91 Å². The van der Waals surface area contributed by atoms with E-state index in [4.69, 9.17) is 0 Å². The first-order valence-corrected chi connectivity index (χ1v) is 8.05. The Morgan fingerprint density at radius 1 is 1.27 bits per heavy atom. The van der Waals surface area contributed by atoms with E-state index in [0.717, 1.165) is 31.6 Å². The lowest BCUT2D eigenvalue weighted by Gasteiger charge is -2.33. The minimum atomic E-state index is -0.636. The molecule has 1 unspecified atom stereocenters. The van der Waals surface area contributed by atoms with Crippen LogP contribution < -0.4 is 10.6 Å². The van der Waals surface area contributed by atoms with E-state index in [9.17, 15) is 9.90 Å². The maximum Gasteiger partial charge on any atom is 0.253 e. The Kier molecular flexibility index (Phi) is 5.80. The molecule has 2 rings (SSSR count). The van der Waals surface area contributed by atoms with Crippen LogP contribution in [0.15, 0.2) is 24.3 Å². The predicted octanol–water partition coefficient (Wildman–Crippen LogP) is 2.04. The number of benzene rings is 1. The van der Waals surface area contributed by atoms with Crippen molar-refractivity contribution in [2.75, 3.05) is 18.4 Å². The zero-order valence-electron chi connectivity index (χ0n) is 13.7. The van der Waals surface area contributed by atoms with E-state index in [1.165, 1.54) is 0 Å². The van der Waals surface area contributed by atoms with E-state index >= 15 is 0 Å². The monoisotopic (exact) mass is 305 g/mol. The maximum atomic E-state index is 12.6. The first-order valence-electron chi connectivity index (χ1n) is 8.05. The van der Waals surface area contributed by atoms with Gasteiger partial charge in [-0.05, 0) is 38.0 Å². The summed E-state index contributed by atoms with van der Waals surface area (Å²) >= 11 is 0. The number of rotatable bonds is 5. The van der Waals surface area contributed by atoms with Crippen molar-refractivity contribution in [2.24, 2.45) is 0 Å². The summed E-state index contributed by atoms with van der Waals surface area (Å²) in [6.07, 6.45) is 1.36. The molecule has 1 aliphatic rings. The molecule has 0 saturated carbocycles. The molecule has 0 radical (unpaired) electrons. The summed E-state index contributed by atoms with van der Waals surface area (Å²) in [7, 11) is 0. The Hall–Kier alpha value is -1.59. The average Bonchev–Trinajstić information content (AvgIpc) is 2.46. The van der Waals surface area contributed by atoms with Crippen molar-refractivity contribution >= 4 is 11.6 Å². The third kappa shape index (κ3) is 4.71. The van der Waals surface area contributed by atoms with Gasteiger partial charge in [0.2, 0.25) is 0 Å². The van der Waals surface area contributed by atoms with E-state index < -0.39 is 6.23 Å². The Bertz CT molecular complexity index is 494. The van der Waals surface area contributed by atoms with Crippen molar-refractivity contribution in [3.05, 3.63) is 29.8 Å². The highest BCUT2D eigenvalue weighted by Gasteiger charge is 2.23. The highest BCUT2D eigenvalue weighted by atomic mass is 16.3. The lowest BCUT2D eigenvalue weighted by Crippen LogP contribution is -2.46. The normalized spacial score (nSPS) is 17.6. The van der Waals surface area contributed by atoms with E-state index in [-0.39, 0.29) is 5.91 Å². The van der Waals surface area contributed by atoms with E-state index in [1.54, 1.807) is 13.0 Å². The fourth-order valence-electron chi connectivity index (χ4n) is 2.89. The third-order valence-electron chi connectivity index (χ3n) is 3.84. The Labute approximate surface area is 132 Å². The molecule has 0 spiro atoms. The van der Waals surface area contributed by atoms with Gasteiger partial charge < -0.3 is 20.6 Å². The number of nitrogens with zero attached hydrogens (tertiary/aromatic N) is 1. The molecule has 1 aromatic rings. The number of anilines is 1. The molecule has 1 heterocycles. The van der Waals surface area contributed by atoms with Gasteiger partial charge in [0, 0.05) is 36.4 Å². The Balaban J connectivity index is 1.95. The molecule has 1 fully saturated rings. The number of likely N-dealkylation sites (tertiary alicyclic amines) is 1. The number of amides is 1. The quantitative estimate of drug-likeness (QED) is 0.729. The molecule has 0 bridgehead atoms. The largest absolute Gasteiger partial charge is 0.374 e. The Morgan fingerprint density at radius 3 is 2.55 bits per heavy atom. The first kappa shape index (κ1) is 16.8. The van der Waals surface area contributed by atoms with Gasteiger partial charge in [-0.1, -0.05) is 19.9 Å². The van der Waals surface area contributed by atoms with Crippen molar-refractivity contribution in [3.8, 4) is 0 Å². The van der Waals surface area contributed by atoms with Crippen LogP contribution in [-0.4, -0.2) is 47.3 Å². The van der Waals surface area contributed by atoms with Crippen LogP contribution in [-0.2, 0) is 0 Å². The standard InChI is InChI=1S/C17H27N3O2/c1-12(2)18-15-7-9-20(10-8-15)17(22)14-5-4-6-16(11-14)19-13(3)21/h4-6,11-13,15,18-19,21H,7-10H2,1-3H3. The van der Waals surface area contributed by atoms with Crippen molar-refractivity contribution in [3.63, 3.8) is 0 Å². The molecule has 1 atom stereocenters. The lowest BCUT2D eigenvalue weighted by atomic mass is 10.0. The zero-order chi connectivity index (χ0) is 16.1. The smallest absolute Gasteiger partial charge is 0.253 e. The fourth-order valence-corrected chi connectivity index (χ4v) is 2.89. The molecule has 0 aliphatic carbocycles. The topological polar surface area (TPSA) is 64.6 Å². The number of hydrogen-bond acceptors (Lipinski definition) is 4. The van der Waals surface area contributed by atoms with Crippen LogP contribution in [0.5, 0.6) is 0 Å². The van der Waals surface area contributed by atoms with Gasteiger partial charge in [0.1, 0.15) is 6.23 Å². The SMILES string of the molecule is CC(C)NC1CCN(C(=O)c2cccc(NC(C)O)c2)CC1. The lowest BCUT2D eigenvalue weighted by molar-refractivity contribution is 0.0703. The second-order valence-electron chi connectivity index (χ2n) is 6.29. The first-order chi connectivity index (χ1) is 10.5. The van der Waals surface area contributed by atoms with Gasteiger partial charge in [-0.2, -0.15) is 0 Å². The van der Waals surface area contributed by atoms with Crippen molar-refractivity contribution in [2.45, 2.75) is 51.9 Å². The van der Waals surface area contributed by atoms with Crippen molar-refractivity contribution in [1.82, 2.24) is 10.2 Å². The molecular weight excluding hydrogens is 278 g/mol. The van der Waals surface area contributed by atoms with Crippen LogP contribution in [0.4, 0.5) is 5.69 Å². The summed E-state index contributed by atoms with van der Waals surface area (Å²) in [5.74, 6) is 0.0669. The van der Waals surface area contributed by atoms with Gasteiger partial charge in [-0.3, -0.25) is 4.79 Å². The van der Waals surface area contributed by atoms with Crippen LogP contribution in [0.3, 0.4) is 0 Å². The highest BCUT2D eigenvalue weighted by Crippen LogP contribution is 2.17. The number of piperidine rings is 1. The summed E-state index contributed by atoms with van der Waals surface area (Å²) in [6, 6.07) is 8.30. The summed E-state index contributed by atoms with van der Waals surface area (Å²) in [5, 5.41) is 15.8. The number of aliphatic hydroxyl groups excluding tert-OH is 1. The highest BCUT2D eigenvalue weighted by molar-refractivity contribution is 5.95. The third-order valence-corrected chi connectivity index (χ3v) is 3.84. The molecule has 1 saturated heterocycles. The molecule has 1 aliphatic heterocycles. The Morgan fingerprint density at radius 2 is 1.95 bits per heavy atom. The fraction of sp³-hybridized carbons (Fsp3) is 0.588. The minimum Gasteiger partial charge on any atom is -0.374 e. The minimum absolute atomic E-state index is 0.0669. The van der Waals surface area contributed by atoms with E-state index in [2.05, 4.69) is 24.5 Å². The van der Waals surface area contributed by atoms with Gasteiger partial charge >= 0.3 is 0 Å². The number of nitrogens with one attached hydrogen (secondary N) is 2. The molecule has 1 amide bonds. The van der Waals surface area contributed by atoms with Crippen LogP contribution >= 0.6 is 0 Å². The molecule has 3 N–H and O–H groups in total. The maximum absolute atomic E-state index is 12.6. The molecule has 122 valence electrons. The zero-order valence-corrected chi connectivity index (χ0v) is 13.7. The van der Waals surface area contributed by atoms with Gasteiger partial charge in [0.15, 0.2) is 0 Å². The molecular formula is C17H27N3O2. The molecule has 5 nitrogen and oxygen atoms in total. The summed E-state index contributed by atoms with van der Waals surface area (Å²) in [4.78, 5) is 14.5. The van der Waals surface area contributed by atoms with E-state index in [0.29, 0.717) is 17.6 Å². The molecule has 5 heteroatoms. The number of carbonyl (C=O) groups excluding carboxylic acids is 1. The molecule has 22 heavy (non-hydrogen) atoms. The second-order valence-corrected chi connectivity index (χ2v) is 6.29. The number of hydrogen-bond donors (Lipinski definition) is 3. The van der Waals surface area contributed by atoms with Crippen LogP contribution in [0.25, 0.3) is 0 Å². The number of carbonyl (C=O) groups is 1.